The lowest BCUT2D eigenvalue weighted by Crippen LogP contribution is -2.47. The molecule has 3 rings (SSSR count). The van der Waals surface area contributed by atoms with Crippen molar-refractivity contribution in [2.75, 3.05) is 44.8 Å². The van der Waals surface area contributed by atoms with Crippen molar-refractivity contribution in [1.82, 2.24) is 4.90 Å². The molecular formula is C15H20N2O4. The van der Waals surface area contributed by atoms with Gasteiger partial charge in [0.2, 0.25) is 5.91 Å². The molecule has 6 nitrogen and oxygen atoms in total. The van der Waals surface area contributed by atoms with Crippen LogP contribution in [0.2, 0.25) is 0 Å². The van der Waals surface area contributed by atoms with Crippen LogP contribution in [0.1, 0.15) is 6.92 Å². The molecule has 1 aromatic rings. The first-order valence-corrected chi connectivity index (χ1v) is 7.26. The van der Waals surface area contributed by atoms with E-state index in [0.29, 0.717) is 32.2 Å². The van der Waals surface area contributed by atoms with Crippen molar-refractivity contribution in [2.24, 2.45) is 0 Å². The van der Waals surface area contributed by atoms with Crippen molar-refractivity contribution in [1.29, 1.82) is 0 Å². The van der Waals surface area contributed by atoms with Crippen molar-refractivity contribution in [3.8, 4) is 11.5 Å². The van der Waals surface area contributed by atoms with Crippen LogP contribution < -0.4 is 14.8 Å². The third-order valence-electron chi connectivity index (χ3n) is 3.78. The molecule has 1 N–H and O–H groups in total. The Morgan fingerprint density at radius 1 is 1.14 bits per heavy atom. The van der Waals surface area contributed by atoms with Gasteiger partial charge in [-0.15, -0.1) is 0 Å². The van der Waals surface area contributed by atoms with Gasteiger partial charge in [0.05, 0.1) is 19.3 Å². The highest BCUT2D eigenvalue weighted by molar-refractivity contribution is 5.94. The minimum atomic E-state index is -0.179. The molecule has 0 radical (unpaired) electrons. The third kappa shape index (κ3) is 3.28. The van der Waals surface area contributed by atoms with E-state index in [0.717, 1.165) is 24.5 Å². The molecule has 21 heavy (non-hydrogen) atoms. The summed E-state index contributed by atoms with van der Waals surface area (Å²) >= 11 is 0. The molecule has 0 aromatic heterocycles. The average molecular weight is 292 g/mol. The smallest absolute Gasteiger partial charge is 0.241 e. The highest BCUT2D eigenvalue weighted by Gasteiger charge is 2.23. The van der Waals surface area contributed by atoms with Gasteiger partial charge in [-0.2, -0.15) is 0 Å². The average Bonchev–Trinajstić information content (AvgIpc) is 2.55. The first-order chi connectivity index (χ1) is 10.2. The van der Waals surface area contributed by atoms with Crippen LogP contribution in [0, 0.1) is 0 Å². The second kappa shape index (κ2) is 6.32. The fourth-order valence-corrected chi connectivity index (χ4v) is 2.50. The van der Waals surface area contributed by atoms with Gasteiger partial charge in [0.25, 0.3) is 0 Å². The van der Waals surface area contributed by atoms with Gasteiger partial charge in [-0.3, -0.25) is 9.69 Å². The molecule has 0 aliphatic carbocycles. The van der Waals surface area contributed by atoms with Crippen molar-refractivity contribution in [3.63, 3.8) is 0 Å². The number of rotatable bonds is 3. The van der Waals surface area contributed by atoms with Crippen LogP contribution in [0.25, 0.3) is 0 Å². The number of benzene rings is 1. The highest BCUT2D eigenvalue weighted by atomic mass is 16.6. The van der Waals surface area contributed by atoms with Crippen LogP contribution in [-0.2, 0) is 9.53 Å². The first kappa shape index (κ1) is 14.2. The van der Waals surface area contributed by atoms with E-state index in [1.165, 1.54) is 0 Å². The number of carbonyl (C=O) groups is 1. The second-order valence-corrected chi connectivity index (χ2v) is 5.17. The van der Waals surface area contributed by atoms with Gasteiger partial charge in [-0.1, -0.05) is 0 Å². The molecule has 1 saturated heterocycles. The molecule has 0 spiro atoms. The van der Waals surface area contributed by atoms with E-state index in [2.05, 4.69) is 10.2 Å². The number of carbonyl (C=O) groups excluding carboxylic acids is 1. The summed E-state index contributed by atoms with van der Waals surface area (Å²) in [4.78, 5) is 14.4. The summed E-state index contributed by atoms with van der Waals surface area (Å²) in [6.07, 6.45) is 0. The fraction of sp³-hybridized carbons (Fsp3) is 0.533. The maximum atomic E-state index is 12.3. The topological polar surface area (TPSA) is 60.0 Å². The molecule has 2 aliphatic heterocycles. The van der Waals surface area contributed by atoms with E-state index in [9.17, 15) is 4.79 Å². The third-order valence-corrected chi connectivity index (χ3v) is 3.78. The SMILES string of the molecule is CC(C(=O)Nc1ccc2c(c1)OCCO2)N1CCOCC1. The molecule has 114 valence electrons. The van der Waals surface area contributed by atoms with Gasteiger partial charge in [0, 0.05) is 24.8 Å². The monoisotopic (exact) mass is 292 g/mol. The number of hydrogen-bond acceptors (Lipinski definition) is 5. The lowest BCUT2D eigenvalue weighted by molar-refractivity contribution is -0.122. The summed E-state index contributed by atoms with van der Waals surface area (Å²) in [5, 5.41) is 2.93. The highest BCUT2D eigenvalue weighted by Crippen LogP contribution is 2.32. The van der Waals surface area contributed by atoms with E-state index >= 15 is 0 Å². The molecule has 2 aliphatic rings. The summed E-state index contributed by atoms with van der Waals surface area (Å²) < 4.78 is 16.3. The number of nitrogens with zero attached hydrogens (tertiary/aromatic N) is 1. The van der Waals surface area contributed by atoms with Gasteiger partial charge >= 0.3 is 0 Å². The second-order valence-electron chi connectivity index (χ2n) is 5.17. The lowest BCUT2D eigenvalue weighted by atomic mass is 10.2. The molecular weight excluding hydrogens is 272 g/mol. The number of nitrogens with one attached hydrogen (secondary N) is 1. The van der Waals surface area contributed by atoms with Crippen LogP contribution in [0.3, 0.4) is 0 Å². The summed E-state index contributed by atoms with van der Waals surface area (Å²) in [6, 6.07) is 5.28. The normalized spacial score (nSPS) is 19.9. The zero-order valence-corrected chi connectivity index (χ0v) is 12.1. The number of hydrogen-bond donors (Lipinski definition) is 1. The number of ether oxygens (including phenoxy) is 3. The largest absolute Gasteiger partial charge is 0.486 e. The predicted molar refractivity (Wildman–Crippen MR) is 77.9 cm³/mol. The van der Waals surface area contributed by atoms with Gasteiger partial charge in [-0.05, 0) is 19.1 Å². The maximum Gasteiger partial charge on any atom is 0.241 e. The molecule has 6 heteroatoms. The summed E-state index contributed by atoms with van der Waals surface area (Å²) in [7, 11) is 0. The van der Waals surface area contributed by atoms with Gasteiger partial charge < -0.3 is 19.5 Å². The van der Waals surface area contributed by atoms with Crippen molar-refractivity contribution in [3.05, 3.63) is 18.2 Å². The van der Waals surface area contributed by atoms with Crippen molar-refractivity contribution in [2.45, 2.75) is 13.0 Å². The number of fused-ring (bicyclic) bond motifs is 1. The summed E-state index contributed by atoms with van der Waals surface area (Å²) in [6.45, 7) is 5.95. The van der Waals surface area contributed by atoms with E-state index in [1.807, 2.05) is 19.1 Å². The van der Waals surface area contributed by atoms with Gasteiger partial charge in [0.1, 0.15) is 13.2 Å². The molecule has 1 atom stereocenters. The first-order valence-electron chi connectivity index (χ1n) is 7.26. The van der Waals surface area contributed by atoms with Gasteiger partial charge in [-0.25, -0.2) is 0 Å². The number of amides is 1. The molecule has 0 bridgehead atoms. The Kier molecular flexibility index (Phi) is 4.26. The van der Waals surface area contributed by atoms with E-state index < -0.39 is 0 Å². The van der Waals surface area contributed by atoms with Crippen LogP contribution in [0.15, 0.2) is 18.2 Å². The lowest BCUT2D eigenvalue weighted by Gasteiger charge is -2.31. The molecule has 1 fully saturated rings. The van der Waals surface area contributed by atoms with Gasteiger partial charge in [0.15, 0.2) is 11.5 Å². The minimum absolute atomic E-state index is 0.0198. The Hall–Kier alpha value is -1.79. The fourth-order valence-electron chi connectivity index (χ4n) is 2.50. The molecule has 0 saturated carbocycles. The van der Waals surface area contributed by atoms with Crippen molar-refractivity contribution >= 4 is 11.6 Å². The Balaban J connectivity index is 1.63. The molecule has 1 amide bonds. The van der Waals surface area contributed by atoms with Crippen LogP contribution in [0.4, 0.5) is 5.69 Å². The predicted octanol–water partition coefficient (Wildman–Crippen LogP) is 1.12. The van der Waals surface area contributed by atoms with Crippen molar-refractivity contribution < 1.29 is 19.0 Å². The summed E-state index contributed by atoms with van der Waals surface area (Å²) in [5.41, 5.74) is 0.726. The number of morpholine rings is 1. The zero-order valence-electron chi connectivity index (χ0n) is 12.1. The Morgan fingerprint density at radius 3 is 2.62 bits per heavy atom. The number of anilines is 1. The summed E-state index contributed by atoms with van der Waals surface area (Å²) in [5.74, 6) is 1.38. The minimum Gasteiger partial charge on any atom is -0.486 e. The van der Waals surface area contributed by atoms with E-state index in [4.69, 9.17) is 14.2 Å². The maximum absolute atomic E-state index is 12.3. The Labute approximate surface area is 124 Å². The molecule has 1 aromatic carbocycles. The van der Waals surface area contributed by atoms with E-state index in [1.54, 1.807) is 6.07 Å². The Morgan fingerprint density at radius 2 is 1.86 bits per heavy atom. The Bertz CT molecular complexity index is 514. The zero-order chi connectivity index (χ0) is 14.7. The quantitative estimate of drug-likeness (QED) is 0.904. The van der Waals surface area contributed by atoms with Crippen LogP contribution in [0.5, 0.6) is 11.5 Å². The van der Waals surface area contributed by atoms with Crippen LogP contribution in [-0.4, -0.2) is 56.4 Å². The standard InChI is InChI=1S/C15H20N2O4/c1-11(17-4-6-19-7-5-17)15(18)16-12-2-3-13-14(10-12)21-9-8-20-13/h2-3,10-11H,4-9H2,1H3,(H,16,18). The molecule has 2 heterocycles. The van der Waals surface area contributed by atoms with E-state index in [-0.39, 0.29) is 11.9 Å². The molecule has 1 unspecified atom stereocenters. The van der Waals surface area contributed by atoms with Crippen LogP contribution >= 0.6 is 0 Å².